The summed E-state index contributed by atoms with van der Waals surface area (Å²) in [6.45, 7) is 3.58. The summed E-state index contributed by atoms with van der Waals surface area (Å²) in [6.07, 6.45) is 3.12. The lowest BCUT2D eigenvalue weighted by molar-refractivity contribution is -0.135. The van der Waals surface area contributed by atoms with E-state index in [1.165, 1.54) is 0 Å². The number of amides is 2. The highest BCUT2D eigenvalue weighted by molar-refractivity contribution is 5.79. The molecule has 0 bridgehead atoms. The van der Waals surface area contributed by atoms with Gasteiger partial charge in [0.25, 0.3) is 5.91 Å². The molecule has 2 aromatic carbocycles. The van der Waals surface area contributed by atoms with Crippen molar-refractivity contribution >= 4 is 11.8 Å². The molecule has 160 valence electrons. The van der Waals surface area contributed by atoms with Crippen molar-refractivity contribution in [3.8, 4) is 11.5 Å². The monoisotopic (exact) mass is 410 g/mol. The van der Waals surface area contributed by atoms with E-state index in [4.69, 9.17) is 9.47 Å². The largest absolute Gasteiger partial charge is 0.485 e. The normalized spacial score (nSPS) is 16.0. The number of carbonyl (C=O) groups excluding carboxylic acids is 2. The summed E-state index contributed by atoms with van der Waals surface area (Å²) in [6, 6.07) is 17.3. The third-order valence-electron chi connectivity index (χ3n) is 5.05. The summed E-state index contributed by atoms with van der Waals surface area (Å²) < 4.78 is 11.7. The molecule has 0 aliphatic carbocycles. The zero-order chi connectivity index (χ0) is 21.2. The summed E-state index contributed by atoms with van der Waals surface area (Å²) in [4.78, 5) is 26.3. The van der Waals surface area contributed by atoms with Crippen LogP contribution in [0, 0.1) is 0 Å². The molecule has 6 heteroatoms. The molecule has 3 rings (SSSR count). The molecule has 1 aliphatic heterocycles. The Labute approximate surface area is 178 Å². The number of likely N-dealkylation sites (tertiary alicyclic amines) is 1. The van der Waals surface area contributed by atoms with E-state index in [1.807, 2.05) is 55.5 Å². The van der Waals surface area contributed by atoms with Crippen LogP contribution in [0.25, 0.3) is 0 Å². The maximum atomic E-state index is 12.7. The average molecular weight is 411 g/mol. The van der Waals surface area contributed by atoms with E-state index in [0.717, 1.165) is 24.8 Å². The molecule has 6 nitrogen and oxygen atoms in total. The standard InChI is InChI=1S/C24H30N2O4/c1-2-9-23(27)25-20-12-8-15-26(16-20)24(28)18-30-22-14-7-6-13-21(22)29-17-19-10-4-3-5-11-19/h3-7,10-11,13-14,20H,2,8-9,12,15-18H2,1H3,(H,25,27). The minimum absolute atomic E-state index is 0.0169. The molecule has 2 amide bonds. The molecule has 0 spiro atoms. The summed E-state index contributed by atoms with van der Waals surface area (Å²) in [5.74, 6) is 1.13. The molecule has 1 atom stereocenters. The lowest BCUT2D eigenvalue weighted by atomic mass is 10.1. The van der Waals surface area contributed by atoms with Crippen LogP contribution < -0.4 is 14.8 Å². The quantitative estimate of drug-likeness (QED) is 0.687. The van der Waals surface area contributed by atoms with Crippen LogP contribution in [0.4, 0.5) is 0 Å². The number of ether oxygens (including phenoxy) is 2. The number of hydrogen-bond donors (Lipinski definition) is 1. The average Bonchev–Trinajstić information content (AvgIpc) is 2.77. The van der Waals surface area contributed by atoms with Crippen LogP contribution in [-0.4, -0.2) is 42.5 Å². The number of para-hydroxylation sites is 2. The van der Waals surface area contributed by atoms with Crippen molar-refractivity contribution in [2.75, 3.05) is 19.7 Å². The number of rotatable bonds is 9. The molecule has 0 radical (unpaired) electrons. The molecule has 1 unspecified atom stereocenters. The van der Waals surface area contributed by atoms with Gasteiger partial charge >= 0.3 is 0 Å². The number of piperidine rings is 1. The van der Waals surface area contributed by atoms with Gasteiger partial charge in [-0.25, -0.2) is 0 Å². The highest BCUT2D eigenvalue weighted by atomic mass is 16.5. The first-order chi connectivity index (χ1) is 14.7. The smallest absolute Gasteiger partial charge is 0.260 e. The number of nitrogens with one attached hydrogen (secondary N) is 1. The van der Waals surface area contributed by atoms with Crippen molar-refractivity contribution < 1.29 is 19.1 Å². The van der Waals surface area contributed by atoms with Gasteiger partial charge in [-0.1, -0.05) is 49.4 Å². The fraction of sp³-hybridized carbons (Fsp3) is 0.417. The second kappa shape index (κ2) is 11.2. The van der Waals surface area contributed by atoms with Crippen LogP contribution in [0.2, 0.25) is 0 Å². The first-order valence-electron chi connectivity index (χ1n) is 10.6. The van der Waals surface area contributed by atoms with Gasteiger partial charge in [0.1, 0.15) is 6.61 Å². The van der Waals surface area contributed by atoms with Crippen molar-refractivity contribution in [2.24, 2.45) is 0 Å². The zero-order valence-corrected chi connectivity index (χ0v) is 17.5. The van der Waals surface area contributed by atoms with Gasteiger partial charge in [0.15, 0.2) is 18.1 Å². The molecule has 1 saturated heterocycles. The number of benzene rings is 2. The van der Waals surface area contributed by atoms with E-state index in [-0.39, 0.29) is 24.5 Å². The van der Waals surface area contributed by atoms with E-state index in [2.05, 4.69) is 5.32 Å². The van der Waals surface area contributed by atoms with Gasteiger partial charge in [-0.3, -0.25) is 9.59 Å². The topological polar surface area (TPSA) is 67.9 Å². The Balaban J connectivity index is 1.51. The van der Waals surface area contributed by atoms with Crippen LogP contribution in [0.1, 0.15) is 38.2 Å². The number of hydrogen-bond acceptors (Lipinski definition) is 4. The molecule has 1 heterocycles. The van der Waals surface area contributed by atoms with Gasteiger partial charge in [0.2, 0.25) is 5.91 Å². The Hall–Kier alpha value is -3.02. The first kappa shape index (κ1) is 21.7. The maximum absolute atomic E-state index is 12.7. The van der Waals surface area contributed by atoms with Gasteiger partial charge in [-0.15, -0.1) is 0 Å². The lowest BCUT2D eigenvalue weighted by Crippen LogP contribution is -2.50. The molecule has 0 aromatic heterocycles. The molecule has 1 N–H and O–H groups in total. The summed E-state index contributed by atoms with van der Waals surface area (Å²) in [5.41, 5.74) is 1.06. The van der Waals surface area contributed by atoms with Crippen LogP contribution in [0.3, 0.4) is 0 Å². The minimum atomic E-state index is -0.0812. The van der Waals surface area contributed by atoms with Gasteiger partial charge in [0.05, 0.1) is 0 Å². The highest BCUT2D eigenvalue weighted by Gasteiger charge is 2.25. The zero-order valence-electron chi connectivity index (χ0n) is 17.5. The van der Waals surface area contributed by atoms with Crippen LogP contribution >= 0.6 is 0 Å². The van der Waals surface area contributed by atoms with Crippen molar-refractivity contribution in [1.29, 1.82) is 0 Å². The first-order valence-corrected chi connectivity index (χ1v) is 10.6. The van der Waals surface area contributed by atoms with Crippen molar-refractivity contribution in [3.63, 3.8) is 0 Å². The lowest BCUT2D eigenvalue weighted by Gasteiger charge is -2.33. The van der Waals surface area contributed by atoms with E-state index in [0.29, 0.717) is 37.6 Å². The Morgan fingerprint density at radius 1 is 1.03 bits per heavy atom. The Morgan fingerprint density at radius 3 is 2.47 bits per heavy atom. The molecule has 0 saturated carbocycles. The molecule has 2 aromatic rings. The Bertz CT molecular complexity index is 825. The van der Waals surface area contributed by atoms with E-state index in [1.54, 1.807) is 11.0 Å². The Morgan fingerprint density at radius 2 is 1.73 bits per heavy atom. The van der Waals surface area contributed by atoms with Crippen molar-refractivity contribution in [1.82, 2.24) is 10.2 Å². The predicted octanol–water partition coefficient (Wildman–Crippen LogP) is 3.55. The van der Waals surface area contributed by atoms with Crippen LogP contribution in [0.5, 0.6) is 11.5 Å². The number of nitrogens with zero attached hydrogens (tertiary/aromatic N) is 1. The summed E-state index contributed by atoms with van der Waals surface area (Å²) >= 11 is 0. The van der Waals surface area contributed by atoms with Gasteiger partial charge < -0.3 is 19.7 Å². The van der Waals surface area contributed by atoms with Crippen molar-refractivity contribution in [2.45, 2.75) is 45.3 Å². The molecular formula is C24H30N2O4. The predicted molar refractivity (Wildman–Crippen MR) is 115 cm³/mol. The third-order valence-corrected chi connectivity index (χ3v) is 5.05. The molecule has 1 fully saturated rings. The summed E-state index contributed by atoms with van der Waals surface area (Å²) in [7, 11) is 0. The number of carbonyl (C=O) groups is 2. The Kier molecular flexibility index (Phi) is 8.12. The van der Waals surface area contributed by atoms with Crippen LogP contribution in [0.15, 0.2) is 54.6 Å². The van der Waals surface area contributed by atoms with Crippen molar-refractivity contribution in [3.05, 3.63) is 60.2 Å². The fourth-order valence-corrected chi connectivity index (χ4v) is 3.50. The molecule has 30 heavy (non-hydrogen) atoms. The van der Waals surface area contributed by atoms with E-state index < -0.39 is 0 Å². The molecular weight excluding hydrogens is 380 g/mol. The SMILES string of the molecule is CCCC(=O)NC1CCCN(C(=O)COc2ccccc2OCc2ccccc2)C1. The van der Waals surface area contributed by atoms with Gasteiger partial charge in [0, 0.05) is 25.6 Å². The van der Waals surface area contributed by atoms with E-state index >= 15 is 0 Å². The van der Waals surface area contributed by atoms with Gasteiger partial charge in [-0.2, -0.15) is 0 Å². The fourth-order valence-electron chi connectivity index (χ4n) is 3.50. The second-order valence-corrected chi connectivity index (χ2v) is 7.51. The minimum Gasteiger partial charge on any atom is -0.485 e. The maximum Gasteiger partial charge on any atom is 0.260 e. The van der Waals surface area contributed by atoms with Gasteiger partial charge in [-0.05, 0) is 37.0 Å². The van der Waals surface area contributed by atoms with Crippen LogP contribution in [-0.2, 0) is 16.2 Å². The highest BCUT2D eigenvalue weighted by Crippen LogP contribution is 2.27. The molecule has 1 aliphatic rings. The summed E-state index contributed by atoms with van der Waals surface area (Å²) in [5, 5.41) is 3.03. The third kappa shape index (κ3) is 6.51. The second-order valence-electron chi connectivity index (χ2n) is 7.51. The van der Waals surface area contributed by atoms with E-state index in [9.17, 15) is 9.59 Å².